The van der Waals surface area contributed by atoms with Crippen LogP contribution in [0.25, 0.3) is 0 Å². The fraction of sp³-hybridized carbons (Fsp3) is 0.382. The average molecular weight is 570 g/mol. The number of piperazine rings is 1. The molecule has 7 nitrogen and oxygen atoms in total. The van der Waals surface area contributed by atoms with Crippen LogP contribution >= 0.6 is 0 Å². The molecule has 3 aliphatic rings. The van der Waals surface area contributed by atoms with E-state index in [9.17, 15) is 4.39 Å². The maximum absolute atomic E-state index is 14.5. The molecule has 222 valence electrons. The lowest BCUT2D eigenvalue weighted by Gasteiger charge is -2.35. The van der Waals surface area contributed by atoms with Crippen molar-refractivity contribution in [3.8, 4) is 24.8 Å². The first-order valence-corrected chi connectivity index (χ1v) is 14.2. The number of rotatable bonds is 10. The molecule has 2 unspecified atom stereocenters. The fourth-order valence-corrected chi connectivity index (χ4v) is 4.66. The summed E-state index contributed by atoms with van der Waals surface area (Å²) in [6, 6.07) is 3.22. The van der Waals surface area contributed by atoms with Crippen molar-refractivity contribution in [1.29, 1.82) is 5.41 Å². The second-order valence-corrected chi connectivity index (χ2v) is 9.98. The van der Waals surface area contributed by atoms with Crippen molar-refractivity contribution in [2.45, 2.75) is 39.7 Å². The lowest BCUT2D eigenvalue weighted by atomic mass is 9.93. The molecule has 0 bridgehead atoms. The summed E-state index contributed by atoms with van der Waals surface area (Å²) in [4.78, 5) is 11.3. The summed E-state index contributed by atoms with van der Waals surface area (Å²) in [5, 5.41) is 18.8. The highest BCUT2D eigenvalue weighted by Crippen LogP contribution is 2.23. The van der Waals surface area contributed by atoms with E-state index in [1.54, 1.807) is 31.5 Å². The molecular formula is C34H44FN7. The Morgan fingerprint density at radius 3 is 2.81 bits per heavy atom. The Morgan fingerprint density at radius 1 is 1.33 bits per heavy atom. The zero-order valence-corrected chi connectivity index (χ0v) is 25.5. The predicted molar refractivity (Wildman–Crippen MR) is 176 cm³/mol. The second-order valence-electron chi connectivity index (χ2n) is 9.98. The molecule has 0 aromatic rings. The van der Waals surface area contributed by atoms with Crippen molar-refractivity contribution in [3.63, 3.8) is 0 Å². The molecule has 0 spiro atoms. The van der Waals surface area contributed by atoms with E-state index in [0.29, 0.717) is 36.2 Å². The first kappa shape index (κ1) is 33.8. The first-order valence-electron chi connectivity index (χ1n) is 14.2. The quantitative estimate of drug-likeness (QED) is 0.172. The third-order valence-electron chi connectivity index (χ3n) is 7.11. The number of terminal acetylenes is 1. The molecule has 1 aliphatic carbocycles. The van der Waals surface area contributed by atoms with Gasteiger partial charge in [0.1, 0.15) is 17.5 Å². The van der Waals surface area contributed by atoms with Crippen LogP contribution in [0.2, 0.25) is 0 Å². The number of amidine groups is 1. The average Bonchev–Trinajstić information content (AvgIpc) is 3.34. The van der Waals surface area contributed by atoms with E-state index in [0.717, 1.165) is 48.3 Å². The molecule has 2 aliphatic heterocycles. The number of hydrogen-bond donors (Lipinski definition) is 4. The number of nitrogens with one attached hydrogen (secondary N) is 4. The standard InChI is InChI=1S/C32H42FN7.C2H2/c1-6-23(2)28(20-35-4)29(31(34)40-18-17-38-24(3)22-40)21-37-19-26-12-10-16-39-32(36-5)27(26)15-14-25-11-8-7-9-13-30(25)33;1-2/h7-9,12-15,19-20,23-24,34,36,38-39H,6,11,17-18,21-22H2,1-5H3;1-2H/b15-14+,29-28-,34-31?,35-20?,37-19?;. The number of hydrogen-bond acceptors (Lipinski definition) is 6. The van der Waals surface area contributed by atoms with Gasteiger partial charge in [0, 0.05) is 75.0 Å². The Balaban J connectivity index is 0.00000301. The molecule has 0 amide bonds. The van der Waals surface area contributed by atoms with Gasteiger partial charge < -0.3 is 20.9 Å². The van der Waals surface area contributed by atoms with Gasteiger partial charge in [0.05, 0.1) is 6.54 Å². The molecule has 2 heterocycles. The van der Waals surface area contributed by atoms with Crippen LogP contribution in [-0.2, 0) is 0 Å². The molecule has 0 saturated carbocycles. The highest BCUT2D eigenvalue weighted by atomic mass is 19.1. The van der Waals surface area contributed by atoms with Gasteiger partial charge >= 0.3 is 0 Å². The van der Waals surface area contributed by atoms with Crippen molar-refractivity contribution in [2.24, 2.45) is 15.9 Å². The normalized spacial score (nSPS) is 20.2. The van der Waals surface area contributed by atoms with E-state index in [1.807, 2.05) is 31.5 Å². The topological polar surface area (TPSA) is 87.9 Å². The summed E-state index contributed by atoms with van der Waals surface area (Å²) in [6.07, 6.45) is 25.5. The van der Waals surface area contributed by atoms with Gasteiger partial charge in [0.2, 0.25) is 0 Å². The Labute approximate surface area is 251 Å². The van der Waals surface area contributed by atoms with Crippen molar-refractivity contribution in [2.75, 3.05) is 40.3 Å². The fourth-order valence-electron chi connectivity index (χ4n) is 4.66. The lowest BCUT2D eigenvalue weighted by molar-refractivity contribution is 0.302. The van der Waals surface area contributed by atoms with Crippen LogP contribution in [0, 0.1) is 36.1 Å². The van der Waals surface area contributed by atoms with Crippen molar-refractivity contribution in [3.05, 3.63) is 82.0 Å². The van der Waals surface area contributed by atoms with Crippen LogP contribution in [0.5, 0.6) is 0 Å². The minimum Gasteiger partial charge on any atom is -0.374 e. The maximum Gasteiger partial charge on any atom is 0.126 e. The molecule has 0 aromatic heterocycles. The molecule has 1 fully saturated rings. The van der Waals surface area contributed by atoms with Crippen molar-refractivity contribution < 1.29 is 4.39 Å². The lowest BCUT2D eigenvalue weighted by Crippen LogP contribution is -2.51. The monoisotopic (exact) mass is 569 g/mol. The van der Waals surface area contributed by atoms with Gasteiger partial charge in [0.25, 0.3) is 0 Å². The third-order valence-corrected chi connectivity index (χ3v) is 7.11. The Hall–Kier alpha value is -4.40. The number of halogens is 1. The van der Waals surface area contributed by atoms with Crippen molar-refractivity contribution in [1.82, 2.24) is 20.9 Å². The minimum atomic E-state index is -0.254. The number of allylic oxidation sites excluding steroid dienone is 12. The van der Waals surface area contributed by atoms with E-state index in [-0.39, 0.29) is 11.7 Å². The van der Waals surface area contributed by atoms with Gasteiger partial charge in [-0.2, -0.15) is 0 Å². The molecule has 3 rings (SSSR count). The van der Waals surface area contributed by atoms with E-state index in [4.69, 9.17) is 10.4 Å². The van der Waals surface area contributed by atoms with Crippen LogP contribution in [-0.4, -0.2) is 69.5 Å². The van der Waals surface area contributed by atoms with E-state index in [2.05, 4.69) is 71.4 Å². The van der Waals surface area contributed by atoms with Crippen LogP contribution in [0.4, 0.5) is 4.39 Å². The van der Waals surface area contributed by atoms with Crippen LogP contribution in [0.1, 0.15) is 33.6 Å². The number of nitrogens with zero attached hydrogens (tertiary/aromatic N) is 3. The van der Waals surface area contributed by atoms with E-state index < -0.39 is 0 Å². The zero-order valence-electron chi connectivity index (χ0n) is 25.5. The van der Waals surface area contributed by atoms with Gasteiger partial charge in [-0.05, 0) is 49.0 Å². The smallest absolute Gasteiger partial charge is 0.126 e. The van der Waals surface area contributed by atoms with Crippen LogP contribution < -0.4 is 16.0 Å². The zero-order chi connectivity index (χ0) is 30.9. The largest absolute Gasteiger partial charge is 0.374 e. The van der Waals surface area contributed by atoms with Gasteiger partial charge in [-0.1, -0.05) is 50.1 Å². The van der Waals surface area contributed by atoms with E-state index >= 15 is 0 Å². The van der Waals surface area contributed by atoms with Gasteiger partial charge in [-0.25, -0.2) is 4.39 Å². The van der Waals surface area contributed by atoms with Gasteiger partial charge in [-0.3, -0.25) is 15.4 Å². The highest BCUT2D eigenvalue weighted by molar-refractivity contribution is 6.02. The molecule has 8 heteroatoms. The summed E-state index contributed by atoms with van der Waals surface area (Å²) in [6.45, 7) is 9.18. The van der Waals surface area contributed by atoms with Gasteiger partial charge in [0.15, 0.2) is 0 Å². The number of aliphatic imine (C=N–C) groups is 2. The summed E-state index contributed by atoms with van der Waals surface area (Å²) in [7, 11) is 3.58. The molecule has 0 radical (unpaired) electrons. The molecule has 2 atom stereocenters. The summed E-state index contributed by atoms with van der Waals surface area (Å²) < 4.78 is 14.5. The highest BCUT2D eigenvalue weighted by Gasteiger charge is 2.23. The van der Waals surface area contributed by atoms with Gasteiger partial charge in [-0.15, -0.1) is 12.8 Å². The summed E-state index contributed by atoms with van der Waals surface area (Å²) in [5.74, 6) is 4.20. The minimum absolute atomic E-state index is 0.238. The second kappa shape index (κ2) is 18.1. The molecule has 1 saturated heterocycles. The molecule has 4 N–H and O–H groups in total. The Bertz CT molecular complexity index is 1320. The van der Waals surface area contributed by atoms with Crippen LogP contribution in [0.15, 0.2) is 92.0 Å². The Morgan fingerprint density at radius 2 is 2.12 bits per heavy atom. The molecule has 0 aromatic carbocycles. The van der Waals surface area contributed by atoms with E-state index in [1.165, 1.54) is 6.08 Å². The maximum atomic E-state index is 14.5. The third kappa shape index (κ3) is 9.61. The molecule has 42 heavy (non-hydrogen) atoms. The predicted octanol–water partition coefficient (Wildman–Crippen LogP) is 4.84. The Kier molecular flexibility index (Phi) is 14.6. The summed E-state index contributed by atoms with van der Waals surface area (Å²) >= 11 is 0. The summed E-state index contributed by atoms with van der Waals surface area (Å²) in [5.41, 5.74) is 4.10. The SMILES string of the molecule is C#C.CCC(C)/C(C=NC)=C(/CN=CC1=CC#CNC(NC)=C1/C=C/C1=C(F)C=CC=CC1)C(=N)N1CCNC(C)C1. The van der Waals surface area contributed by atoms with Crippen molar-refractivity contribution >= 4 is 18.3 Å². The first-order chi connectivity index (χ1) is 20.4. The molecular weight excluding hydrogens is 525 g/mol. The van der Waals surface area contributed by atoms with Crippen LogP contribution in [0.3, 0.4) is 0 Å².